The van der Waals surface area contributed by atoms with E-state index >= 15 is 0 Å². The Bertz CT molecular complexity index is 305. The molecule has 1 fully saturated rings. The molecule has 1 rings (SSSR count). The van der Waals surface area contributed by atoms with Crippen molar-refractivity contribution in [2.75, 3.05) is 13.1 Å². The number of carboxylic acids is 1. The molecular weight excluding hydrogens is 240 g/mol. The molecule has 1 N–H and O–H groups in total. The van der Waals surface area contributed by atoms with E-state index in [-0.39, 0.29) is 18.8 Å². The number of aliphatic carboxylic acids is 1. The summed E-state index contributed by atoms with van der Waals surface area (Å²) in [5.74, 6) is -3.59. The van der Waals surface area contributed by atoms with Crippen molar-refractivity contribution in [1.29, 1.82) is 0 Å². The van der Waals surface area contributed by atoms with Crippen LogP contribution in [0.3, 0.4) is 0 Å². The standard InChI is InChI=1S/C13H23F2NO2/c1-4-16(12(2,3)11(17)18)9-10-6-5-7-13(14,15)8-10/h10H,4-9H2,1-3H3,(H,17,18). The number of halogens is 2. The van der Waals surface area contributed by atoms with Crippen LogP contribution < -0.4 is 0 Å². The summed E-state index contributed by atoms with van der Waals surface area (Å²) < 4.78 is 26.7. The van der Waals surface area contributed by atoms with Gasteiger partial charge < -0.3 is 5.11 Å². The van der Waals surface area contributed by atoms with Gasteiger partial charge in [0.05, 0.1) is 0 Å². The first kappa shape index (κ1) is 15.3. The van der Waals surface area contributed by atoms with E-state index in [2.05, 4.69) is 0 Å². The third kappa shape index (κ3) is 3.64. The molecule has 18 heavy (non-hydrogen) atoms. The Morgan fingerprint density at radius 2 is 2.11 bits per heavy atom. The summed E-state index contributed by atoms with van der Waals surface area (Å²) in [7, 11) is 0. The van der Waals surface area contributed by atoms with E-state index in [1.807, 2.05) is 6.92 Å². The van der Waals surface area contributed by atoms with Crippen LogP contribution in [0.5, 0.6) is 0 Å². The van der Waals surface area contributed by atoms with Gasteiger partial charge in [-0.05, 0) is 39.2 Å². The van der Waals surface area contributed by atoms with Crippen LogP contribution in [-0.4, -0.2) is 40.5 Å². The van der Waals surface area contributed by atoms with Crippen LogP contribution in [0.25, 0.3) is 0 Å². The number of carboxylic acid groups (broad SMARTS) is 1. The van der Waals surface area contributed by atoms with Crippen LogP contribution in [-0.2, 0) is 4.79 Å². The smallest absolute Gasteiger partial charge is 0.323 e. The van der Waals surface area contributed by atoms with Crippen molar-refractivity contribution in [2.45, 2.75) is 57.9 Å². The molecule has 0 heterocycles. The minimum absolute atomic E-state index is 0.0298. The zero-order chi connectivity index (χ0) is 14.0. The van der Waals surface area contributed by atoms with Gasteiger partial charge in [-0.1, -0.05) is 6.92 Å². The average molecular weight is 263 g/mol. The quantitative estimate of drug-likeness (QED) is 0.829. The zero-order valence-corrected chi connectivity index (χ0v) is 11.4. The monoisotopic (exact) mass is 263 g/mol. The highest BCUT2D eigenvalue weighted by molar-refractivity contribution is 5.77. The van der Waals surface area contributed by atoms with Crippen molar-refractivity contribution in [3.05, 3.63) is 0 Å². The van der Waals surface area contributed by atoms with Gasteiger partial charge in [-0.25, -0.2) is 8.78 Å². The predicted molar refractivity (Wildman–Crippen MR) is 65.9 cm³/mol. The molecule has 0 radical (unpaired) electrons. The summed E-state index contributed by atoms with van der Waals surface area (Å²) >= 11 is 0. The van der Waals surface area contributed by atoms with Crippen LogP contribution in [0.1, 0.15) is 46.5 Å². The highest BCUT2D eigenvalue weighted by Gasteiger charge is 2.40. The molecule has 0 amide bonds. The lowest BCUT2D eigenvalue weighted by Crippen LogP contribution is -2.52. The molecule has 1 aliphatic rings. The fourth-order valence-electron chi connectivity index (χ4n) is 2.63. The van der Waals surface area contributed by atoms with Crippen molar-refractivity contribution in [3.63, 3.8) is 0 Å². The molecule has 1 aliphatic carbocycles. The van der Waals surface area contributed by atoms with Gasteiger partial charge >= 0.3 is 5.97 Å². The first-order valence-corrected chi connectivity index (χ1v) is 6.55. The van der Waals surface area contributed by atoms with Gasteiger partial charge in [0.1, 0.15) is 5.54 Å². The molecule has 0 bridgehead atoms. The minimum atomic E-state index is -2.57. The highest BCUT2D eigenvalue weighted by Crippen LogP contribution is 2.37. The maximum atomic E-state index is 13.3. The molecule has 1 unspecified atom stereocenters. The second-order valence-corrected chi connectivity index (χ2v) is 5.72. The van der Waals surface area contributed by atoms with Gasteiger partial charge in [0.2, 0.25) is 5.92 Å². The molecular formula is C13H23F2NO2. The van der Waals surface area contributed by atoms with Gasteiger partial charge in [0.25, 0.3) is 0 Å². The summed E-state index contributed by atoms with van der Waals surface area (Å²) in [6.07, 6.45) is 1.15. The summed E-state index contributed by atoms with van der Waals surface area (Å²) in [6, 6.07) is 0. The average Bonchev–Trinajstić information content (AvgIpc) is 2.24. The van der Waals surface area contributed by atoms with Crippen molar-refractivity contribution >= 4 is 5.97 Å². The number of rotatable bonds is 5. The summed E-state index contributed by atoms with van der Waals surface area (Å²) in [6.45, 7) is 6.11. The van der Waals surface area contributed by atoms with Gasteiger partial charge in [0.15, 0.2) is 0 Å². The number of hydrogen-bond acceptors (Lipinski definition) is 2. The lowest BCUT2D eigenvalue weighted by molar-refractivity contribution is -0.150. The zero-order valence-electron chi connectivity index (χ0n) is 11.4. The van der Waals surface area contributed by atoms with Gasteiger partial charge in [-0.2, -0.15) is 0 Å². The lowest BCUT2D eigenvalue weighted by Gasteiger charge is -2.39. The molecule has 5 heteroatoms. The third-order valence-electron chi connectivity index (χ3n) is 3.92. The highest BCUT2D eigenvalue weighted by atomic mass is 19.3. The normalized spacial score (nSPS) is 24.2. The van der Waals surface area contributed by atoms with E-state index in [0.717, 1.165) is 6.42 Å². The maximum absolute atomic E-state index is 13.3. The number of likely N-dealkylation sites (N-methyl/N-ethyl adjacent to an activating group) is 1. The largest absolute Gasteiger partial charge is 0.480 e. The fraction of sp³-hybridized carbons (Fsp3) is 0.923. The van der Waals surface area contributed by atoms with E-state index in [4.69, 9.17) is 0 Å². The van der Waals surface area contributed by atoms with Crippen molar-refractivity contribution in [3.8, 4) is 0 Å². The van der Waals surface area contributed by atoms with E-state index in [9.17, 15) is 18.7 Å². The van der Waals surface area contributed by atoms with E-state index in [0.29, 0.717) is 19.5 Å². The van der Waals surface area contributed by atoms with Crippen LogP contribution in [0.4, 0.5) is 8.78 Å². The molecule has 0 saturated heterocycles. The van der Waals surface area contributed by atoms with Crippen molar-refractivity contribution in [1.82, 2.24) is 4.90 Å². The molecule has 1 saturated carbocycles. The maximum Gasteiger partial charge on any atom is 0.323 e. The lowest BCUT2D eigenvalue weighted by atomic mass is 9.85. The number of alkyl halides is 2. The predicted octanol–water partition coefficient (Wildman–Crippen LogP) is 3.00. The van der Waals surface area contributed by atoms with E-state index in [1.54, 1.807) is 18.7 Å². The first-order valence-electron chi connectivity index (χ1n) is 6.55. The van der Waals surface area contributed by atoms with Crippen LogP contribution in [0.15, 0.2) is 0 Å². The number of nitrogens with zero attached hydrogens (tertiary/aromatic N) is 1. The van der Waals surface area contributed by atoms with Crippen molar-refractivity contribution < 1.29 is 18.7 Å². The topological polar surface area (TPSA) is 40.5 Å². The first-order chi connectivity index (χ1) is 8.19. The molecule has 106 valence electrons. The van der Waals surface area contributed by atoms with Crippen LogP contribution in [0.2, 0.25) is 0 Å². The molecule has 0 aliphatic heterocycles. The fourth-order valence-corrected chi connectivity index (χ4v) is 2.63. The summed E-state index contributed by atoms with van der Waals surface area (Å²) in [5, 5.41) is 9.19. The Kier molecular flexibility index (Phi) is 4.70. The van der Waals surface area contributed by atoms with Crippen LogP contribution >= 0.6 is 0 Å². The van der Waals surface area contributed by atoms with Gasteiger partial charge in [-0.15, -0.1) is 0 Å². The van der Waals surface area contributed by atoms with Crippen molar-refractivity contribution in [2.24, 2.45) is 5.92 Å². The van der Waals surface area contributed by atoms with Gasteiger partial charge in [-0.3, -0.25) is 9.69 Å². The molecule has 0 aromatic carbocycles. The third-order valence-corrected chi connectivity index (χ3v) is 3.92. The Morgan fingerprint density at radius 3 is 2.56 bits per heavy atom. The minimum Gasteiger partial charge on any atom is -0.480 e. The Morgan fingerprint density at radius 1 is 1.50 bits per heavy atom. The second-order valence-electron chi connectivity index (χ2n) is 5.72. The molecule has 0 spiro atoms. The Balaban J connectivity index is 2.66. The Labute approximate surface area is 107 Å². The number of carbonyl (C=O) groups is 1. The SMILES string of the molecule is CCN(CC1CCCC(F)(F)C1)C(C)(C)C(=O)O. The molecule has 3 nitrogen and oxygen atoms in total. The summed E-state index contributed by atoms with van der Waals surface area (Å²) in [4.78, 5) is 13.0. The second kappa shape index (κ2) is 5.51. The molecule has 0 aromatic rings. The summed E-state index contributed by atoms with van der Waals surface area (Å²) in [5.41, 5.74) is -0.999. The Hall–Kier alpha value is -0.710. The molecule has 1 atom stereocenters. The molecule has 0 aromatic heterocycles. The van der Waals surface area contributed by atoms with Gasteiger partial charge in [0, 0.05) is 19.4 Å². The van der Waals surface area contributed by atoms with Crippen LogP contribution in [0, 0.1) is 5.92 Å². The number of hydrogen-bond donors (Lipinski definition) is 1. The van der Waals surface area contributed by atoms with E-state index in [1.165, 1.54) is 0 Å². The van der Waals surface area contributed by atoms with E-state index < -0.39 is 17.4 Å².